The number of hydrogen-bond acceptors (Lipinski definition) is 5. The zero-order valence-electron chi connectivity index (χ0n) is 24.1. The highest BCUT2D eigenvalue weighted by Crippen LogP contribution is 2.44. The monoisotopic (exact) mass is 573 g/mol. The molecule has 9 heteroatoms. The summed E-state index contributed by atoms with van der Waals surface area (Å²) in [6.07, 6.45) is 6.63. The van der Waals surface area contributed by atoms with Crippen LogP contribution in [-0.4, -0.2) is 53.9 Å². The molecule has 1 saturated carbocycles. The normalized spacial score (nSPS) is 21.4. The molecule has 1 aliphatic carbocycles. The van der Waals surface area contributed by atoms with Gasteiger partial charge in [-0.2, -0.15) is 0 Å². The Morgan fingerprint density at radius 3 is 2.41 bits per heavy atom. The first-order valence-electron chi connectivity index (χ1n) is 14.5. The van der Waals surface area contributed by atoms with Crippen LogP contribution >= 0.6 is 11.3 Å². The van der Waals surface area contributed by atoms with Crippen LogP contribution in [0, 0.1) is 32.1 Å². The number of rotatable bonds is 7. The number of pyridine rings is 1. The predicted octanol–water partition coefficient (Wildman–Crippen LogP) is 5.29. The number of amides is 1. The minimum Gasteiger partial charge on any atom is -0.334 e. The Morgan fingerprint density at radius 1 is 1.10 bits per heavy atom. The molecule has 4 heterocycles. The molecule has 2 aliphatic heterocycles. The first kappa shape index (κ1) is 28.6. The summed E-state index contributed by atoms with van der Waals surface area (Å²) in [7, 11) is -3.22. The highest BCUT2D eigenvalue weighted by atomic mass is 32.2. The number of fused-ring (bicyclic) bond motifs is 1. The fourth-order valence-corrected chi connectivity index (χ4v) is 10.5. The van der Waals surface area contributed by atoms with E-state index in [4.69, 9.17) is 0 Å². The van der Waals surface area contributed by atoms with Gasteiger partial charge in [-0.25, -0.2) is 12.7 Å². The Labute approximate surface area is 237 Å². The smallest absolute Gasteiger partial charge is 0.255 e. The molecule has 0 bridgehead atoms. The van der Waals surface area contributed by atoms with Crippen LogP contribution in [0.2, 0.25) is 0 Å². The van der Waals surface area contributed by atoms with Gasteiger partial charge < -0.3 is 9.88 Å². The Balaban J connectivity index is 1.29. The standard InChI is InChI=1S/C30H43N3O4S2/c1-19-16-20(2)31-28(34)24(19)17-32-13-6-8-25-26(29(32)35)22(4)27(38-25)21(3)23-9-14-33(15-10-23)39(36,37)18-30(5)11-7-12-30/h16,21,23H,6-15,17-18H2,1-5H3,(H,31,34). The number of hydrogen-bond donors (Lipinski definition) is 1. The Morgan fingerprint density at radius 2 is 1.79 bits per heavy atom. The van der Waals surface area contributed by atoms with Gasteiger partial charge in [0.15, 0.2) is 0 Å². The molecule has 214 valence electrons. The summed E-state index contributed by atoms with van der Waals surface area (Å²) >= 11 is 1.77. The molecule has 0 spiro atoms. The van der Waals surface area contributed by atoms with E-state index in [0.29, 0.717) is 37.7 Å². The van der Waals surface area contributed by atoms with Crippen molar-refractivity contribution in [1.29, 1.82) is 0 Å². The molecule has 1 saturated heterocycles. The summed E-state index contributed by atoms with van der Waals surface area (Å²) in [5.74, 6) is 0.986. The molecular formula is C30H43N3O4S2. The molecule has 0 aromatic carbocycles. The fraction of sp³-hybridized carbons (Fsp3) is 0.667. The third kappa shape index (κ3) is 5.64. The number of aryl methyl sites for hydroxylation is 3. The van der Waals surface area contributed by atoms with Gasteiger partial charge in [-0.15, -0.1) is 11.3 Å². The van der Waals surface area contributed by atoms with Crippen LogP contribution < -0.4 is 5.56 Å². The second-order valence-corrected chi connectivity index (χ2v) is 15.7. The number of piperidine rings is 1. The maximum absolute atomic E-state index is 13.8. The third-order valence-electron chi connectivity index (χ3n) is 9.54. The number of sulfonamides is 1. The maximum atomic E-state index is 13.8. The molecule has 2 aromatic heterocycles. The highest BCUT2D eigenvalue weighted by molar-refractivity contribution is 7.89. The van der Waals surface area contributed by atoms with Gasteiger partial charge in [0, 0.05) is 40.6 Å². The Kier molecular flexibility index (Phi) is 7.90. The van der Waals surface area contributed by atoms with E-state index >= 15 is 0 Å². The fourth-order valence-electron chi connectivity index (χ4n) is 6.92. The van der Waals surface area contributed by atoms with E-state index in [2.05, 4.69) is 25.8 Å². The SMILES string of the molecule is Cc1cc(C)c(CN2CCCc3sc(C(C)C4CCN(S(=O)(=O)CC5(C)CCC5)CC4)c(C)c3C2=O)c(=O)[nH]1. The van der Waals surface area contributed by atoms with E-state index in [-0.39, 0.29) is 28.6 Å². The van der Waals surface area contributed by atoms with Crippen LogP contribution in [0.1, 0.15) is 101 Å². The summed E-state index contributed by atoms with van der Waals surface area (Å²) in [6.45, 7) is 12.4. The molecule has 7 nitrogen and oxygen atoms in total. The average Bonchev–Trinajstić information content (AvgIpc) is 3.09. The van der Waals surface area contributed by atoms with Gasteiger partial charge in [0.1, 0.15) is 0 Å². The first-order valence-corrected chi connectivity index (χ1v) is 16.9. The lowest BCUT2D eigenvalue weighted by Gasteiger charge is -2.41. The van der Waals surface area contributed by atoms with Gasteiger partial charge >= 0.3 is 0 Å². The van der Waals surface area contributed by atoms with E-state index in [0.717, 1.165) is 72.2 Å². The van der Waals surface area contributed by atoms with Gasteiger partial charge in [-0.1, -0.05) is 20.3 Å². The number of aromatic nitrogens is 1. The molecule has 0 radical (unpaired) electrons. The molecule has 1 unspecified atom stereocenters. The number of thiophene rings is 1. The first-order chi connectivity index (χ1) is 18.4. The van der Waals surface area contributed by atoms with Gasteiger partial charge in [-0.05, 0) is 93.7 Å². The van der Waals surface area contributed by atoms with Crippen LogP contribution in [0.15, 0.2) is 10.9 Å². The lowest BCUT2D eigenvalue weighted by molar-refractivity contribution is 0.0747. The summed E-state index contributed by atoms with van der Waals surface area (Å²) in [6, 6.07) is 1.96. The number of aromatic amines is 1. The van der Waals surface area contributed by atoms with Crippen molar-refractivity contribution in [2.75, 3.05) is 25.4 Å². The van der Waals surface area contributed by atoms with Crippen LogP contribution in [0.3, 0.4) is 0 Å². The van der Waals surface area contributed by atoms with Crippen LogP contribution in [0.5, 0.6) is 0 Å². The van der Waals surface area contributed by atoms with Crippen LogP contribution in [-0.2, 0) is 23.0 Å². The number of carbonyl (C=O) groups excluding carboxylic acids is 1. The van der Waals surface area contributed by atoms with Crippen molar-refractivity contribution < 1.29 is 13.2 Å². The van der Waals surface area contributed by atoms with Gasteiger partial charge in [0.2, 0.25) is 10.0 Å². The number of carbonyl (C=O) groups is 1. The van der Waals surface area contributed by atoms with Gasteiger partial charge in [-0.3, -0.25) is 9.59 Å². The number of nitrogens with one attached hydrogen (secondary N) is 1. The molecule has 39 heavy (non-hydrogen) atoms. The number of nitrogens with zero attached hydrogens (tertiary/aromatic N) is 2. The van der Waals surface area contributed by atoms with Crippen molar-refractivity contribution in [2.24, 2.45) is 11.3 Å². The molecule has 3 aliphatic rings. The number of H-pyrrole nitrogens is 1. The average molecular weight is 574 g/mol. The van der Waals surface area contributed by atoms with Crippen molar-refractivity contribution in [3.05, 3.63) is 54.1 Å². The summed E-state index contributed by atoms with van der Waals surface area (Å²) in [4.78, 5) is 33.6. The van der Waals surface area contributed by atoms with Crippen molar-refractivity contribution in [3.63, 3.8) is 0 Å². The second-order valence-electron chi connectivity index (χ2n) is 12.6. The molecule has 1 amide bonds. The lowest BCUT2D eigenvalue weighted by atomic mass is 9.72. The minimum atomic E-state index is -3.22. The van der Waals surface area contributed by atoms with Gasteiger partial charge in [0.05, 0.1) is 17.9 Å². The van der Waals surface area contributed by atoms with Crippen molar-refractivity contribution in [3.8, 4) is 0 Å². The van der Waals surface area contributed by atoms with E-state index in [9.17, 15) is 18.0 Å². The maximum Gasteiger partial charge on any atom is 0.255 e. The zero-order chi connectivity index (χ0) is 28.1. The Bertz CT molecular complexity index is 1410. The molecule has 1 atom stereocenters. The molecule has 1 N–H and O–H groups in total. The van der Waals surface area contributed by atoms with Crippen molar-refractivity contribution in [1.82, 2.24) is 14.2 Å². The van der Waals surface area contributed by atoms with E-state index in [1.807, 2.05) is 24.8 Å². The van der Waals surface area contributed by atoms with Crippen molar-refractivity contribution >= 4 is 27.3 Å². The second kappa shape index (κ2) is 10.8. The highest BCUT2D eigenvalue weighted by Gasteiger charge is 2.40. The largest absolute Gasteiger partial charge is 0.334 e. The van der Waals surface area contributed by atoms with E-state index in [1.165, 1.54) is 4.88 Å². The summed E-state index contributed by atoms with van der Waals surface area (Å²) in [5.41, 5.74) is 4.15. The molecule has 2 aromatic rings. The van der Waals surface area contributed by atoms with Crippen LogP contribution in [0.25, 0.3) is 0 Å². The van der Waals surface area contributed by atoms with Crippen LogP contribution in [0.4, 0.5) is 0 Å². The topological polar surface area (TPSA) is 90.6 Å². The Hall–Kier alpha value is -1.97. The van der Waals surface area contributed by atoms with E-state index < -0.39 is 10.0 Å². The quantitative estimate of drug-likeness (QED) is 0.488. The summed E-state index contributed by atoms with van der Waals surface area (Å²) in [5, 5.41) is 0. The summed E-state index contributed by atoms with van der Waals surface area (Å²) < 4.78 is 27.9. The molecule has 5 rings (SSSR count). The lowest BCUT2D eigenvalue weighted by Crippen LogP contribution is -2.45. The molecule has 2 fully saturated rings. The predicted molar refractivity (Wildman–Crippen MR) is 157 cm³/mol. The van der Waals surface area contributed by atoms with Gasteiger partial charge in [0.25, 0.3) is 11.5 Å². The molecular weight excluding hydrogens is 530 g/mol. The zero-order valence-corrected chi connectivity index (χ0v) is 25.7. The van der Waals surface area contributed by atoms with Crippen molar-refractivity contribution in [2.45, 2.75) is 92.0 Å². The minimum absolute atomic E-state index is 0.0273. The van der Waals surface area contributed by atoms with E-state index in [1.54, 1.807) is 15.6 Å². The third-order valence-corrected chi connectivity index (χ3v) is 13.3.